The smallest absolute Gasteiger partial charge is 0.309 e. The first-order chi connectivity index (χ1) is 9.88. The van der Waals surface area contributed by atoms with E-state index in [1.807, 2.05) is 31.2 Å². The van der Waals surface area contributed by atoms with Crippen LogP contribution in [0.1, 0.15) is 25.8 Å². The minimum absolute atomic E-state index is 0.139. The molecule has 3 rings (SSSR count). The molecular weight excluding hydrogens is 284 g/mol. The zero-order valence-corrected chi connectivity index (χ0v) is 13.4. The number of aryl methyl sites for hydroxylation is 1. The van der Waals surface area contributed by atoms with Crippen molar-refractivity contribution < 1.29 is 13.7 Å². The molecule has 0 aromatic heterocycles. The molecule has 0 radical (unpaired) electrons. The van der Waals surface area contributed by atoms with Gasteiger partial charge in [-0.25, -0.2) is 4.21 Å². The van der Waals surface area contributed by atoms with Crippen LogP contribution in [0.4, 0.5) is 0 Å². The normalized spacial score (nSPS) is 28.5. The fourth-order valence-corrected chi connectivity index (χ4v) is 4.69. The Balaban J connectivity index is 1.93. The second-order valence-electron chi connectivity index (χ2n) is 6.56. The molecule has 0 N–H and O–H groups in total. The maximum absolute atomic E-state index is 12.8. The minimum atomic E-state index is -1.20. The maximum Gasteiger partial charge on any atom is 0.309 e. The van der Waals surface area contributed by atoms with E-state index in [1.165, 1.54) is 0 Å². The Morgan fingerprint density at radius 3 is 2.57 bits per heavy atom. The standard InChI is InChI=1S/C17H20O3S/c1-11-4-6-12(7-5-11)21(19)13-8-14-15(10-20-16(14)18)17(2,3)9-13/h4-7,9,14-15H,8,10H2,1-3H3/t14-,15-,21+/m1/s1. The Labute approximate surface area is 127 Å². The maximum atomic E-state index is 12.8. The van der Waals surface area contributed by atoms with Gasteiger partial charge in [0.1, 0.15) is 0 Å². The van der Waals surface area contributed by atoms with E-state index < -0.39 is 10.8 Å². The van der Waals surface area contributed by atoms with Crippen molar-refractivity contribution in [1.82, 2.24) is 0 Å². The van der Waals surface area contributed by atoms with Gasteiger partial charge < -0.3 is 4.74 Å². The summed E-state index contributed by atoms with van der Waals surface area (Å²) < 4.78 is 18.0. The van der Waals surface area contributed by atoms with Crippen molar-refractivity contribution in [2.75, 3.05) is 6.61 Å². The second kappa shape index (κ2) is 5.09. The summed E-state index contributed by atoms with van der Waals surface area (Å²) in [6.45, 7) is 6.68. The van der Waals surface area contributed by atoms with Crippen molar-refractivity contribution in [2.24, 2.45) is 17.3 Å². The summed E-state index contributed by atoms with van der Waals surface area (Å²) in [5.41, 5.74) is 0.984. The van der Waals surface area contributed by atoms with Crippen molar-refractivity contribution in [3.8, 4) is 0 Å². The van der Waals surface area contributed by atoms with Gasteiger partial charge in [0.15, 0.2) is 0 Å². The number of carbonyl (C=O) groups excluding carboxylic acids is 1. The highest BCUT2D eigenvalue weighted by molar-refractivity contribution is 7.89. The number of fused-ring (bicyclic) bond motifs is 1. The summed E-state index contributed by atoms with van der Waals surface area (Å²) >= 11 is 0. The first-order valence-electron chi connectivity index (χ1n) is 7.25. The topological polar surface area (TPSA) is 43.4 Å². The first-order valence-corrected chi connectivity index (χ1v) is 8.40. The lowest BCUT2D eigenvalue weighted by Gasteiger charge is -2.35. The fourth-order valence-electron chi connectivity index (χ4n) is 3.26. The first kappa shape index (κ1) is 14.5. The number of cyclic esters (lactones) is 1. The van der Waals surface area contributed by atoms with Gasteiger partial charge in [-0.2, -0.15) is 0 Å². The van der Waals surface area contributed by atoms with Gasteiger partial charge in [-0.3, -0.25) is 4.79 Å². The lowest BCUT2D eigenvalue weighted by atomic mass is 9.69. The zero-order valence-electron chi connectivity index (χ0n) is 12.6. The van der Waals surface area contributed by atoms with E-state index in [4.69, 9.17) is 4.74 Å². The highest BCUT2D eigenvalue weighted by Crippen LogP contribution is 2.47. The molecule has 1 aliphatic carbocycles. The Morgan fingerprint density at radius 1 is 1.24 bits per heavy atom. The quantitative estimate of drug-likeness (QED) is 0.788. The molecule has 0 unspecified atom stereocenters. The number of hydrogen-bond donors (Lipinski definition) is 0. The third-order valence-electron chi connectivity index (χ3n) is 4.58. The summed E-state index contributed by atoms with van der Waals surface area (Å²) in [7, 11) is -1.20. The Bertz CT molecular complexity index is 628. The number of carbonyl (C=O) groups is 1. The van der Waals surface area contributed by atoms with Crippen molar-refractivity contribution >= 4 is 16.8 Å². The van der Waals surface area contributed by atoms with Crippen molar-refractivity contribution in [1.29, 1.82) is 0 Å². The third kappa shape index (κ3) is 2.57. The molecule has 0 saturated carbocycles. The van der Waals surface area contributed by atoms with E-state index in [9.17, 15) is 9.00 Å². The van der Waals surface area contributed by atoms with E-state index >= 15 is 0 Å². The summed E-state index contributed by atoms with van der Waals surface area (Å²) in [6, 6.07) is 7.74. The average molecular weight is 304 g/mol. The van der Waals surface area contributed by atoms with Crippen molar-refractivity contribution in [3.63, 3.8) is 0 Å². The van der Waals surface area contributed by atoms with Crippen LogP contribution in [0.15, 0.2) is 40.1 Å². The van der Waals surface area contributed by atoms with Crippen LogP contribution in [-0.2, 0) is 20.3 Å². The predicted molar refractivity (Wildman–Crippen MR) is 82.0 cm³/mol. The lowest BCUT2D eigenvalue weighted by Crippen LogP contribution is -2.34. The van der Waals surface area contributed by atoms with Gasteiger partial charge in [0.05, 0.1) is 23.3 Å². The van der Waals surface area contributed by atoms with Crippen LogP contribution in [0, 0.1) is 24.2 Å². The highest BCUT2D eigenvalue weighted by Gasteiger charge is 2.48. The number of hydrogen-bond acceptors (Lipinski definition) is 3. The lowest BCUT2D eigenvalue weighted by molar-refractivity contribution is -0.141. The van der Waals surface area contributed by atoms with E-state index in [0.717, 1.165) is 15.4 Å². The number of benzene rings is 1. The van der Waals surface area contributed by atoms with Crippen LogP contribution < -0.4 is 0 Å². The monoisotopic (exact) mass is 304 g/mol. The van der Waals surface area contributed by atoms with Crippen LogP contribution in [0.2, 0.25) is 0 Å². The molecular formula is C17H20O3S. The minimum Gasteiger partial charge on any atom is -0.465 e. The van der Waals surface area contributed by atoms with Gasteiger partial charge >= 0.3 is 5.97 Å². The van der Waals surface area contributed by atoms with E-state index in [-0.39, 0.29) is 23.2 Å². The van der Waals surface area contributed by atoms with E-state index in [0.29, 0.717) is 13.0 Å². The van der Waals surface area contributed by atoms with Gasteiger partial charge in [-0.05, 0) is 30.9 Å². The zero-order chi connectivity index (χ0) is 15.2. The molecule has 1 fully saturated rings. The van der Waals surface area contributed by atoms with E-state index in [2.05, 4.69) is 19.9 Å². The molecule has 1 heterocycles. The van der Waals surface area contributed by atoms with Gasteiger partial charge in [0.25, 0.3) is 0 Å². The summed E-state index contributed by atoms with van der Waals surface area (Å²) in [4.78, 5) is 13.5. The largest absolute Gasteiger partial charge is 0.465 e. The second-order valence-corrected chi connectivity index (χ2v) is 8.09. The van der Waals surface area contributed by atoms with Crippen LogP contribution in [0.3, 0.4) is 0 Å². The Hall–Kier alpha value is -1.42. The highest BCUT2D eigenvalue weighted by atomic mass is 32.2. The molecule has 0 spiro atoms. The van der Waals surface area contributed by atoms with Crippen molar-refractivity contribution in [2.45, 2.75) is 32.1 Å². The SMILES string of the molecule is Cc1ccc([S@](=O)C2=CC(C)(C)[C@@H]3COC(=O)[C@@H]3C2)cc1. The van der Waals surface area contributed by atoms with Gasteiger partial charge in [-0.15, -0.1) is 0 Å². The predicted octanol–water partition coefficient (Wildman–Crippen LogP) is 3.21. The average Bonchev–Trinajstić information content (AvgIpc) is 2.81. The molecule has 1 aliphatic heterocycles. The molecule has 4 heteroatoms. The summed E-state index contributed by atoms with van der Waals surface area (Å²) in [6.07, 6.45) is 2.64. The molecule has 0 amide bonds. The third-order valence-corrected chi connectivity index (χ3v) is 6.04. The number of ether oxygens (including phenoxy) is 1. The van der Waals surface area contributed by atoms with Gasteiger partial charge in [-0.1, -0.05) is 37.6 Å². The Kier molecular flexibility index (Phi) is 3.52. The van der Waals surface area contributed by atoms with Crippen molar-refractivity contribution in [3.05, 3.63) is 40.8 Å². The van der Waals surface area contributed by atoms with Crippen LogP contribution in [0.5, 0.6) is 0 Å². The molecule has 1 saturated heterocycles. The molecule has 0 bridgehead atoms. The molecule has 1 aromatic rings. The van der Waals surface area contributed by atoms with Gasteiger partial charge in [0.2, 0.25) is 0 Å². The molecule has 3 nitrogen and oxygen atoms in total. The van der Waals surface area contributed by atoms with Crippen LogP contribution in [-0.4, -0.2) is 16.8 Å². The summed E-state index contributed by atoms with van der Waals surface area (Å²) in [5.74, 6) is -0.0854. The molecule has 3 atom stereocenters. The molecule has 21 heavy (non-hydrogen) atoms. The van der Waals surface area contributed by atoms with Crippen LogP contribution in [0.25, 0.3) is 0 Å². The fraction of sp³-hybridized carbons (Fsp3) is 0.471. The van der Waals surface area contributed by atoms with Crippen LogP contribution >= 0.6 is 0 Å². The number of esters is 1. The Morgan fingerprint density at radius 2 is 1.90 bits per heavy atom. The molecule has 1 aromatic carbocycles. The number of allylic oxidation sites excluding steroid dienone is 2. The summed E-state index contributed by atoms with van der Waals surface area (Å²) in [5, 5.41) is 0. The van der Waals surface area contributed by atoms with E-state index in [1.54, 1.807) is 0 Å². The van der Waals surface area contributed by atoms with Gasteiger partial charge in [0, 0.05) is 15.7 Å². The molecule has 112 valence electrons. The number of rotatable bonds is 2. The molecule has 2 aliphatic rings.